The molecule has 1 atom stereocenters. The Bertz CT molecular complexity index is 2180. The number of nitrogens with zero attached hydrogens (tertiary/aromatic N) is 1. The highest BCUT2D eigenvalue weighted by Gasteiger charge is 2.23. The summed E-state index contributed by atoms with van der Waals surface area (Å²) in [5.74, 6) is -1.01. The van der Waals surface area contributed by atoms with Crippen LogP contribution in [0.4, 0.5) is 10.2 Å². The second kappa shape index (κ2) is 15.2. The molecule has 5 aromatic carbocycles. The minimum absolute atomic E-state index is 0.0245. The van der Waals surface area contributed by atoms with Gasteiger partial charge in [-0.25, -0.2) is 9.37 Å². The predicted molar refractivity (Wildman–Crippen MR) is 200 cm³/mol. The first-order chi connectivity index (χ1) is 24.5. The van der Waals surface area contributed by atoms with Crippen LogP contribution < -0.4 is 16.0 Å². The van der Waals surface area contributed by atoms with Crippen molar-refractivity contribution in [3.05, 3.63) is 167 Å². The van der Waals surface area contributed by atoms with Gasteiger partial charge in [0, 0.05) is 23.1 Å². The Balaban J connectivity index is 1.14. The summed E-state index contributed by atoms with van der Waals surface area (Å²) in [5.41, 5.74) is 6.00. The minimum Gasteiger partial charge on any atom is -0.354 e. The summed E-state index contributed by atoms with van der Waals surface area (Å²) >= 11 is 0. The van der Waals surface area contributed by atoms with E-state index in [9.17, 15) is 18.8 Å². The molecule has 7 nitrogen and oxygen atoms in total. The van der Waals surface area contributed by atoms with E-state index in [2.05, 4.69) is 53.8 Å². The number of rotatable bonds is 10. The molecule has 0 saturated carbocycles. The van der Waals surface area contributed by atoms with Crippen molar-refractivity contribution in [3.63, 3.8) is 0 Å². The summed E-state index contributed by atoms with van der Waals surface area (Å²) in [4.78, 5) is 44.9. The van der Waals surface area contributed by atoms with Gasteiger partial charge in [0.2, 0.25) is 5.91 Å². The van der Waals surface area contributed by atoms with Crippen molar-refractivity contribution < 1.29 is 18.8 Å². The maximum Gasteiger partial charge on any atom is 0.257 e. The fraction of sp³-hybridized carbons (Fsp3) is 0.163. The van der Waals surface area contributed by atoms with Crippen molar-refractivity contribution >= 4 is 34.4 Å². The first-order valence-electron chi connectivity index (χ1n) is 16.9. The number of aromatic nitrogens is 1. The normalized spacial score (nSPS) is 11.8. The molecule has 6 aromatic rings. The van der Waals surface area contributed by atoms with Gasteiger partial charge in [0.25, 0.3) is 11.8 Å². The molecule has 256 valence electrons. The SMILES string of the molecule is CC(C)(C)c1ccc(-c2ccccc2C(=O)Nc2ccc3cc(C(=O)N[C@H](C(=O)NCCc4ccc(F)cc4)c4ccccc4)ccc3n2)cc1. The van der Waals surface area contributed by atoms with Gasteiger partial charge in [-0.15, -0.1) is 0 Å². The van der Waals surface area contributed by atoms with Crippen LogP contribution in [0.1, 0.15) is 64.2 Å². The maximum absolute atomic E-state index is 13.5. The lowest BCUT2D eigenvalue weighted by Crippen LogP contribution is -2.41. The molecular weight excluding hydrogens is 639 g/mol. The molecule has 0 aliphatic carbocycles. The number of hydrogen-bond donors (Lipinski definition) is 3. The Kier molecular flexibility index (Phi) is 10.3. The molecule has 0 radical (unpaired) electrons. The van der Waals surface area contributed by atoms with Gasteiger partial charge in [-0.3, -0.25) is 14.4 Å². The molecule has 0 saturated heterocycles. The number of benzene rings is 5. The quantitative estimate of drug-likeness (QED) is 0.135. The van der Waals surface area contributed by atoms with E-state index in [0.29, 0.717) is 46.4 Å². The van der Waals surface area contributed by atoms with E-state index in [-0.39, 0.29) is 23.0 Å². The summed E-state index contributed by atoms with van der Waals surface area (Å²) in [6, 6.07) is 38.5. The van der Waals surface area contributed by atoms with Crippen LogP contribution >= 0.6 is 0 Å². The van der Waals surface area contributed by atoms with Crippen molar-refractivity contribution in [2.45, 2.75) is 38.6 Å². The van der Waals surface area contributed by atoms with Gasteiger partial charge >= 0.3 is 0 Å². The standard InChI is InChI=1S/C43H39FN4O3/c1-43(2,3)33-19-15-29(16-20-33)35-11-7-8-12-36(35)41(50)47-38-24-18-31-27-32(17-23-37(31)46-38)40(49)48-39(30-9-5-4-6-10-30)42(51)45-26-25-28-13-21-34(44)22-14-28/h4-24,27,39H,25-26H2,1-3H3,(H,45,51)(H,48,49)(H,46,47,50)/t39-/m0/s1. The average Bonchev–Trinajstić information content (AvgIpc) is 3.14. The van der Waals surface area contributed by atoms with Crippen LogP contribution in [0.25, 0.3) is 22.0 Å². The lowest BCUT2D eigenvalue weighted by atomic mass is 9.86. The van der Waals surface area contributed by atoms with Gasteiger partial charge < -0.3 is 16.0 Å². The summed E-state index contributed by atoms with van der Waals surface area (Å²) in [6.07, 6.45) is 0.513. The molecule has 1 heterocycles. The number of carbonyl (C=O) groups is 3. The van der Waals surface area contributed by atoms with Crippen LogP contribution in [-0.4, -0.2) is 29.3 Å². The fourth-order valence-corrected chi connectivity index (χ4v) is 5.85. The lowest BCUT2D eigenvalue weighted by Gasteiger charge is -2.19. The second-order valence-electron chi connectivity index (χ2n) is 13.4. The molecule has 0 aliphatic rings. The van der Waals surface area contributed by atoms with Gasteiger partial charge in [0.05, 0.1) is 5.52 Å². The number of anilines is 1. The molecule has 51 heavy (non-hydrogen) atoms. The lowest BCUT2D eigenvalue weighted by molar-refractivity contribution is -0.123. The third kappa shape index (κ3) is 8.54. The Hall–Kier alpha value is -6.15. The molecule has 8 heteroatoms. The van der Waals surface area contributed by atoms with Crippen LogP contribution in [0.2, 0.25) is 0 Å². The molecule has 3 amide bonds. The van der Waals surface area contributed by atoms with E-state index in [1.807, 2.05) is 36.4 Å². The highest BCUT2D eigenvalue weighted by molar-refractivity contribution is 6.09. The third-order valence-corrected chi connectivity index (χ3v) is 8.72. The maximum atomic E-state index is 13.5. The number of halogens is 1. The van der Waals surface area contributed by atoms with E-state index >= 15 is 0 Å². The third-order valence-electron chi connectivity index (χ3n) is 8.72. The number of amides is 3. The first-order valence-corrected chi connectivity index (χ1v) is 16.9. The smallest absolute Gasteiger partial charge is 0.257 e. The van der Waals surface area contributed by atoms with E-state index < -0.39 is 11.9 Å². The zero-order valence-electron chi connectivity index (χ0n) is 28.7. The molecule has 0 aliphatic heterocycles. The largest absolute Gasteiger partial charge is 0.354 e. The molecule has 0 bridgehead atoms. The van der Waals surface area contributed by atoms with Crippen LogP contribution in [0.15, 0.2) is 133 Å². The summed E-state index contributed by atoms with van der Waals surface area (Å²) in [6.45, 7) is 6.82. The van der Waals surface area contributed by atoms with Crippen molar-refractivity contribution in [3.8, 4) is 11.1 Å². The van der Waals surface area contributed by atoms with E-state index in [1.54, 1.807) is 72.8 Å². The van der Waals surface area contributed by atoms with E-state index in [0.717, 1.165) is 16.7 Å². The van der Waals surface area contributed by atoms with Gasteiger partial charge in [-0.1, -0.05) is 106 Å². The topological polar surface area (TPSA) is 100 Å². The van der Waals surface area contributed by atoms with Gasteiger partial charge in [0.15, 0.2) is 0 Å². The van der Waals surface area contributed by atoms with Crippen LogP contribution in [0.3, 0.4) is 0 Å². The Morgan fingerprint density at radius 3 is 2.18 bits per heavy atom. The van der Waals surface area contributed by atoms with Gasteiger partial charge in [-0.05, 0) is 88.2 Å². The number of fused-ring (bicyclic) bond motifs is 1. The number of carbonyl (C=O) groups excluding carboxylic acids is 3. The fourth-order valence-electron chi connectivity index (χ4n) is 5.85. The zero-order valence-corrected chi connectivity index (χ0v) is 28.7. The predicted octanol–water partition coefficient (Wildman–Crippen LogP) is 8.42. The Labute approximate surface area is 297 Å². The van der Waals surface area contributed by atoms with Crippen molar-refractivity contribution in [1.82, 2.24) is 15.6 Å². The average molecular weight is 679 g/mol. The molecule has 1 aromatic heterocycles. The highest BCUT2D eigenvalue weighted by Crippen LogP contribution is 2.29. The van der Waals surface area contributed by atoms with Crippen LogP contribution in [0, 0.1) is 5.82 Å². The number of pyridine rings is 1. The van der Waals surface area contributed by atoms with Crippen molar-refractivity contribution in [2.75, 3.05) is 11.9 Å². The van der Waals surface area contributed by atoms with Gasteiger partial charge in [0.1, 0.15) is 17.7 Å². The Morgan fingerprint density at radius 1 is 0.745 bits per heavy atom. The molecule has 3 N–H and O–H groups in total. The summed E-state index contributed by atoms with van der Waals surface area (Å²) in [7, 11) is 0. The molecule has 6 rings (SSSR count). The number of nitrogens with one attached hydrogen (secondary N) is 3. The monoisotopic (exact) mass is 678 g/mol. The van der Waals surface area contributed by atoms with Crippen LogP contribution in [0.5, 0.6) is 0 Å². The summed E-state index contributed by atoms with van der Waals surface area (Å²) in [5, 5.41) is 9.39. The number of hydrogen-bond acceptors (Lipinski definition) is 4. The van der Waals surface area contributed by atoms with Crippen molar-refractivity contribution in [2.24, 2.45) is 0 Å². The van der Waals surface area contributed by atoms with E-state index in [4.69, 9.17) is 0 Å². The highest BCUT2D eigenvalue weighted by atomic mass is 19.1. The van der Waals surface area contributed by atoms with E-state index in [1.165, 1.54) is 17.7 Å². The first kappa shape index (κ1) is 34.7. The molecular formula is C43H39FN4O3. The second-order valence-corrected chi connectivity index (χ2v) is 13.4. The van der Waals surface area contributed by atoms with Crippen molar-refractivity contribution in [1.29, 1.82) is 0 Å². The summed E-state index contributed by atoms with van der Waals surface area (Å²) < 4.78 is 13.3. The Morgan fingerprint density at radius 2 is 1.45 bits per heavy atom. The zero-order chi connectivity index (χ0) is 36.0. The van der Waals surface area contributed by atoms with Gasteiger partial charge in [-0.2, -0.15) is 0 Å². The van der Waals surface area contributed by atoms with Crippen LogP contribution in [-0.2, 0) is 16.6 Å². The molecule has 0 unspecified atom stereocenters. The molecule has 0 fully saturated rings. The molecule has 0 spiro atoms. The minimum atomic E-state index is -0.933.